The third kappa shape index (κ3) is 1130. The topological polar surface area (TPSA) is 26.0 Å². The van der Waals surface area contributed by atoms with Crippen molar-refractivity contribution in [1.29, 1.82) is 0 Å². The van der Waals surface area contributed by atoms with Crippen LogP contribution in [0.2, 0.25) is 0 Å². The van der Waals surface area contributed by atoms with Gasteiger partial charge in [-0.2, -0.15) is 0 Å². The van der Waals surface area contributed by atoms with Crippen LogP contribution in [0, 0.1) is 6.92 Å². The predicted octanol–water partition coefficient (Wildman–Crippen LogP) is 0.168. The van der Waals surface area contributed by atoms with Gasteiger partial charge in [0.05, 0.1) is 0 Å². The molecule has 0 rings (SSSR count). The van der Waals surface area contributed by atoms with Crippen LogP contribution in [0.25, 0.3) is 0 Å². The molecule has 0 saturated carbocycles. The number of hydrogen-bond donors (Lipinski definition) is 1. The average Bonchev–Trinajstić information content (AvgIpc) is 0.811. The van der Waals surface area contributed by atoms with Gasteiger partial charge in [-0.25, -0.2) is 0 Å². The summed E-state index contributed by atoms with van der Waals surface area (Å²) < 4.78 is 0. The van der Waals surface area contributed by atoms with Crippen LogP contribution in [0.4, 0.5) is 0 Å². The van der Waals surface area contributed by atoms with Crippen LogP contribution in [-0.2, 0) is 0 Å². The lowest BCUT2D eigenvalue weighted by atomic mass is 10.5. The monoisotopic (exact) mass is 58.1 g/mol. The minimum Gasteiger partial charge on any atom is -0.328 e. The first kappa shape index (κ1) is 3.96. The summed E-state index contributed by atoms with van der Waals surface area (Å²) in [7, 11) is 0. The molecule has 0 saturated heterocycles. The normalized spacial score (nSPS) is 9.00. The predicted molar refractivity (Wildman–Crippen MR) is 19.0 cm³/mol. The fourth-order valence-corrected chi connectivity index (χ4v) is 0. The van der Waals surface area contributed by atoms with Gasteiger partial charge in [0.25, 0.3) is 0 Å². The van der Waals surface area contributed by atoms with E-state index in [-0.39, 0.29) is 6.04 Å². The minimum absolute atomic E-state index is 0.0833. The minimum atomic E-state index is 0.0833. The Hall–Kier alpha value is -0.0400. The fourth-order valence-electron chi connectivity index (χ4n) is 0. The molecule has 0 unspecified atom stereocenters. The van der Waals surface area contributed by atoms with E-state index in [0.29, 0.717) is 0 Å². The molecular weight excluding hydrogens is 50.0 g/mol. The maximum atomic E-state index is 5.00. The zero-order valence-corrected chi connectivity index (χ0v) is 2.86. The Balaban J connectivity index is 2.32. The van der Waals surface area contributed by atoms with Gasteiger partial charge in [0.15, 0.2) is 0 Å². The van der Waals surface area contributed by atoms with Gasteiger partial charge in [-0.15, -0.1) is 0 Å². The van der Waals surface area contributed by atoms with E-state index in [1.807, 2.05) is 6.92 Å². The van der Waals surface area contributed by atoms with Crippen LogP contribution in [-0.4, -0.2) is 6.04 Å². The van der Waals surface area contributed by atoms with E-state index in [2.05, 4.69) is 6.92 Å². The van der Waals surface area contributed by atoms with Gasteiger partial charge < -0.3 is 5.73 Å². The number of rotatable bonds is 0. The summed E-state index contributed by atoms with van der Waals surface area (Å²) >= 11 is 0. The van der Waals surface area contributed by atoms with E-state index < -0.39 is 0 Å². The van der Waals surface area contributed by atoms with E-state index in [4.69, 9.17) is 5.73 Å². The Kier molecular flexibility index (Phi) is 1.28. The highest BCUT2D eigenvalue weighted by atomic mass is 14.6. The largest absolute Gasteiger partial charge is 0.328 e. The Labute approximate surface area is 26.8 Å². The summed E-state index contributed by atoms with van der Waals surface area (Å²) in [5, 5.41) is 0. The molecule has 1 heteroatoms. The lowest BCUT2D eigenvalue weighted by molar-refractivity contribution is 0.923. The van der Waals surface area contributed by atoms with Crippen LogP contribution in [0.5, 0.6) is 0 Å². The molecule has 0 aromatic rings. The highest BCUT2D eigenvalue weighted by Crippen LogP contribution is 1.56. The first-order valence-electron chi connectivity index (χ1n) is 1.32. The lowest BCUT2D eigenvalue weighted by Gasteiger charge is -1.81. The molecule has 0 aromatic carbocycles. The molecule has 0 aromatic heterocycles. The van der Waals surface area contributed by atoms with Gasteiger partial charge in [0.1, 0.15) is 0 Å². The van der Waals surface area contributed by atoms with Crippen LogP contribution in [0.15, 0.2) is 0 Å². The standard InChI is InChI=1S/C3H8N/c1-3(2)4/h3H,1,4H2,2H3/t3-/m0/s1. The van der Waals surface area contributed by atoms with E-state index in [1.165, 1.54) is 0 Å². The lowest BCUT2D eigenvalue weighted by Crippen LogP contribution is -2.07. The molecule has 1 nitrogen and oxygen atoms in total. The van der Waals surface area contributed by atoms with Crippen molar-refractivity contribution in [3.8, 4) is 0 Å². The highest BCUT2D eigenvalue weighted by Gasteiger charge is 1.67. The maximum Gasteiger partial charge on any atom is 0.00110 e. The third-order valence-electron chi connectivity index (χ3n) is 0. The van der Waals surface area contributed by atoms with Gasteiger partial charge >= 0.3 is 0 Å². The number of hydrogen-bond acceptors (Lipinski definition) is 1. The van der Waals surface area contributed by atoms with Crippen molar-refractivity contribution in [2.75, 3.05) is 0 Å². The van der Waals surface area contributed by atoms with Gasteiger partial charge in [-0.1, -0.05) is 0 Å². The van der Waals surface area contributed by atoms with Crippen LogP contribution < -0.4 is 5.73 Å². The molecule has 0 fully saturated rings. The zero-order valence-electron chi connectivity index (χ0n) is 2.86. The molecule has 4 heavy (non-hydrogen) atoms. The molecule has 2 N–H and O–H groups in total. The molecular formula is C3H8N. The van der Waals surface area contributed by atoms with E-state index in [1.54, 1.807) is 0 Å². The summed E-state index contributed by atoms with van der Waals surface area (Å²) in [4.78, 5) is 0. The van der Waals surface area contributed by atoms with Crippen molar-refractivity contribution < 1.29 is 0 Å². The van der Waals surface area contributed by atoms with E-state index >= 15 is 0 Å². The van der Waals surface area contributed by atoms with Gasteiger partial charge in [0.2, 0.25) is 0 Å². The summed E-state index contributed by atoms with van der Waals surface area (Å²) in [6, 6.07) is 0.0833. The summed E-state index contributed by atoms with van der Waals surface area (Å²) in [5.74, 6) is 0. The van der Waals surface area contributed by atoms with Crippen molar-refractivity contribution >= 4 is 0 Å². The Morgan fingerprint density at radius 3 is 2.00 bits per heavy atom. The molecule has 0 spiro atoms. The smallest absolute Gasteiger partial charge is 0.00110 e. The molecule has 0 aliphatic heterocycles. The van der Waals surface area contributed by atoms with Gasteiger partial charge in [0, 0.05) is 6.04 Å². The van der Waals surface area contributed by atoms with Crippen LogP contribution >= 0.6 is 0 Å². The molecule has 0 aliphatic carbocycles. The molecule has 0 aliphatic rings. The van der Waals surface area contributed by atoms with E-state index in [9.17, 15) is 0 Å². The fraction of sp³-hybridized carbons (Fsp3) is 0.667. The molecule has 0 bridgehead atoms. The summed E-state index contributed by atoms with van der Waals surface area (Å²) in [5.41, 5.74) is 5.00. The summed E-state index contributed by atoms with van der Waals surface area (Å²) in [6.07, 6.45) is 0. The van der Waals surface area contributed by atoms with Gasteiger partial charge in [-0.3, -0.25) is 0 Å². The highest BCUT2D eigenvalue weighted by molar-refractivity contribution is 4.49. The second-order valence-corrected chi connectivity index (χ2v) is 0.977. The molecule has 0 heterocycles. The van der Waals surface area contributed by atoms with Crippen molar-refractivity contribution in [2.24, 2.45) is 5.73 Å². The van der Waals surface area contributed by atoms with E-state index in [0.717, 1.165) is 0 Å². The molecule has 1 radical (unpaired) electrons. The maximum absolute atomic E-state index is 5.00. The zero-order chi connectivity index (χ0) is 3.58. The Morgan fingerprint density at radius 1 is 2.00 bits per heavy atom. The summed E-state index contributed by atoms with van der Waals surface area (Å²) in [6.45, 7) is 5.25. The average molecular weight is 58.1 g/mol. The molecule has 25 valence electrons. The second-order valence-electron chi connectivity index (χ2n) is 0.977. The van der Waals surface area contributed by atoms with Gasteiger partial charge in [-0.05, 0) is 13.8 Å². The Bertz CT molecular complexity index is 8.00. The van der Waals surface area contributed by atoms with Crippen molar-refractivity contribution in [2.45, 2.75) is 13.0 Å². The first-order chi connectivity index (χ1) is 1.73. The van der Waals surface area contributed by atoms with Crippen molar-refractivity contribution in [1.82, 2.24) is 0 Å². The van der Waals surface area contributed by atoms with Crippen LogP contribution in [0.1, 0.15) is 6.92 Å². The first-order valence-corrected chi connectivity index (χ1v) is 1.32. The third-order valence-corrected chi connectivity index (χ3v) is 0. The quantitative estimate of drug-likeness (QED) is 0.422. The van der Waals surface area contributed by atoms with Crippen molar-refractivity contribution in [3.05, 3.63) is 6.92 Å². The van der Waals surface area contributed by atoms with Crippen molar-refractivity contribution in [3.63, 3.8) is 0 Å². The second kappa shape index (κ2) is 1.30. The number of nitrogens with two attached hydrogens (primary N) is 1. The molecule has 1 atom stereocenters. The Morgan fingerprint density at radius 2 is 2.00 bits per heavy atom. The molecule has 0 amide bonds. The SMILES string of the molecule is [CH2][C@@H](C)N. The van der Waals surface area contributed by atoms with Crippen LogP contribution in [0.3, 0.4) is 0 Å².